The summed E-state index contributed by atoms with van der Waals surface area (Å²) in [6.07, 6.45) is -0.592. The molecule has 0 bridgehead atoms. The van der Waals surface area contributed by atoms with Crippen LogP contribution in [0.5, 0.6) is 5.75 Å². The minimum absolute atomic E-state index is 0.237. The Morgan fingerprint density at radius 3 is 2.54 bits per heavy atom. The van der Waals surface area contributed by atoms with Gasteiger partial charge in [-0.05, 0) is 31.2 Å². The molecule has 3 aromatic rings. The molecule has 0 fully saturated rings. The Hall–Kier alpha value is -1.83. The van der Waals surface area contributed by atoms with Crippen LogP contribution in [0.1, 0.15) is 6.92 Å². The van der Waals surface area contributed by atoms with E-state index in [0.717, 1.165) is 33.3 Å². The molecule has 3 rings (SSSR count). The lowest BCUT2D eigenvalue weighted by Crippen LogP contribution is -2.20. The first kappa shape index (κ1) is 18.9. The zero-order valence-corrected chi connectivity index (χ0v) is 16.8. The zero-order chi connectivity index (χ0) is 18.4. The van der Waals surface area contributed by atoms with Crippen molar-refractivity contribution in [1.29, 1.82) is 0 Å². The topological polar surface area (TPSA) is 60.2 Å². The molecule has 0 saturated carbocycles. The summed E-state index contributed by atoms with van der Waals surface area (Å²) in [7, 11) is 0. The van der Waals surface area contributed by atoms with Gasteiger partial charge in [0.25, 0.3) is 0 Å². The van der Waals surface area contributed by atoms with Gasteiger partial charge in [0.1, 0.15) is 12.4 Å². The molecular weight excluding hydrogens is 414 g/mol. The maximum Gasteiger partial charge on any atom is 0.191 e. The second kappa shape index (κ2) is 9.21. The van der Waals surface area contributed by atoms with Crippen LogP contribution in [-0.2, 0) is 6.54 Å². The Morgan fingerprint density at radius 2 is 1.85 bits per heavy atom. The van der Waals surface area contributed by atoms with Gasteiger partial charge >= 0.3 is 0 Å². The number of thioether (sulfide) groups is 1. The number of hydrogen-bond donors (Lipinski definition) is 1. The Balaban J connectivity index is 1.57. The standard InChI is InChI=1S/C19H20BrN3O2S/c1-2-23-18(14-6-4-3-5-7-14)21-22-19(23)26-13-16(24)12-25-17-10-8-15(20)9-11-17/h3-11,16,24H,2,12-13H2,1H3/t16-/m0/s1. The van der Waals surface area contributed by atoms with Gasteiger partial charge in [-0.3, -0.25) is 0 Å². The number of rotatable bonds is 8. The van der Waals surface area contributed by atoms with Crippen LogP contribution in [0.15, 0.2) is 64.2 Å². The highest BCUT2D eigenvalue weighted by Gasteiger charge is 2.15. The first-order chi connectivity index (χ1) is 12.7. The van der Waals surface area contributed by atoms with Crippen molar-refractivity contribution in [3.05, 3.63) is 59.1 Å². The molecular formula is C19H20BrN3O2S. The molecule has 0 unspecified atom stereocenters. The minimum Gasteiger partial charge on any atom is -0.491 e. The first-order valence-electron chi connectivity index (χ1n) is 8.35. The molecule has 2 aromatic carbocycles. The predicted molar refractivity (Wildman–Crippen MR) is 107 cm³/mol. The lowest BCUT2D eigenvalue weighted by Gasteiger charge is -2.12. The highest BCUT2D eigenvalue weighted by molar-refractivity contribution is 9.10. The molecule has 0 aliphatic rings. The van der Waals surface area contributed by atoms with Crippen molar-refractivity contribution in [3.63, 3.8) is 0 Å². The van der Waals surface area contributed by atoms with Crippen molar-refractivity contribution >= 4 is 27.7 Å². The Morgan fingerprint density at radius 1 is 1.12 bits per heavy atom. The molecule has 1 heterocycles. The third-order valence-corrected chi connectivity index (χ3v) is 5.37. The number of aliphatic hydroxyl groups is 1. The molecule has 0 amide bonds. The van der Waals surface area contributed by atoms with E-state index in [1.54, 1.807) is 0 Å². The number of benzene rings is 2. The second-order valence-corrected chi connectivity index (χ2v) is 7.55. The van der Waals surface area contributed by atoms with E-state index in [1.807, 2.05) is 54.6 Å². The van der Waals surface area contributed by atoms with E-state index in [0.29, 0.717) is 5.75 Å². The van der Waals surface area contributed by atoms with Gasteiger partial charge in [0.05, 0.1) is 6.10 Å². The van der Waals surface area contributed by atoms with Crippen molar-refractivity contribution in [1.82, 2.24) is 14.8 Å². The molecule has 0 aliphatic carbocycles. The number of ether oxygens (including phenoxy) is 1. The van der Waals surface area contributed by atoms with Crippen molar-refractivity contribution in [3.8, 4) is 17.1 Å². The van der Waals surface area contributed by atoms with E-state index in [2.05, 4.69) is 37.6 Å². The largest absolute Gasteiger partial charge is 0.491 e. The third-order valence-electron chi connectivity index (χ3n) is 3.73. The van der Waals surface area contributed by atoms with Crippen LogP contribution in [-0.4, -0.2) is 38.3 Å². The Kier molecular flexibility index (Phi) is 6.71. The summed E-state index contributed by atoms with van der Waals surface area (Å²) in [5, 5.41) is 19.6. The van der Waals surface area contributed by atoms with Gasteiger partial charge in [-0.2, -0.15) is 0 Å². The van der Waals surface area contributed by atoms with E-state index >= 15 is 0 Å². The molecule has 0 radical (unpaired) electrons. The monoisotopic (exact) mass is 433 g/mol. The Bertz CT molecular complexity index is 825. The van der Waals surface area contributed by atoms with Gasteiger partial charge in [0.2, 0.25) is 0 Å². The number of aromatic nitrogens is 3. The van der Waals surface area contributed by atoms with Gasteiger partial charge in [0, 0.05) is 22.3 Å². The normalized spacial score (nSPS) is 12.1. The first-order valence-corrected chi connectivity index (χ1v) is 10.1. The molecule has 26 heavy (non-hydrogen) atoms. The van der Waals surface area contributed by atoms with Gasteiger partial charge < -0.3 is 14.4 Å². The molecule has 1 atom stereocenters. The van der Waals surface area contributed by atoms with Gasteiger partial charge in [-0.1, -0.05) is 58.0 Å². The van der Waals surface area contributed by atoms with Crippen molar-refractivity contribution in [2.24, 2.45) is 0 Å². The molecule has 0 saturated heterocycles. The van der Waals surface area contributed by atoms with Crippen molar-refractivity contribution in [2.45, 2.75) is 24.7 Å². The summed E-state index contributed by atoms with van der Waals surface area (Å²) in [6, 6.07) is 17.5. The van der Waals surface area contributed by atoms with Crippen LogP contribution in [0.25, 0.3) is 11.4 Å². The maximum atomic E-state index is 10.2. The Labute approximate surface area is 165 Å². The summed E-state index contributed by atoms with van der Waals surface area (Å²) >= 11 is 4.87. The minimum atomic E-state index is -0.592. The van der Waals surface area contributed by atoms with Crippen LogP contribution < -0.4 is 4.74 Å². The SMILES string of the molecule is CCn1c(SC[C@@H](O)COc2ccc(Br)cc2)nnc1-c1ccccc1. The molecule has 0 aliphatic heterocycles. The number of nitrogens with zero attached hydrogens (tertiary/aromatic N) is 3. The van der Waals surface area contributed by atoms with E-state index in [4.69, 9.17) is 4.74 Å². The average Bonchev–Trinajstić information content (AvgIpc) is 3.09. The summed E-state index contributed by atoms with van der Waals surface area (Å²) in [5.41, 5.74) is 1.04. The van der Waals surface area contributed by atoms with Crippen LogP contribution in [0.2, 0.25) is 0 Å². The van der Waals surface area contributed by atoms with E-state index < -0.39 is 6.10 Å². The van der Waals surface area contributed by atoms with Gasteiger partial charge in [-0.25, -0.2) is 0 Å². The molecule has 0 spiro atoms. The van der Waals surface area contributed by atoms with Gasteiger partial charge in [-0.15, -0.1) is 10.2 Å². The summed E-state index contributed by atoms with van der Waals surface area (Å²) < 4.78 is 8.67. The fourth-order valence-electron chi connectivity index (χ4n) is 2.42. The summed E-state index contributed by atoms with van der Waals surface area (Å²) in [6.45, 7) is 3.07. The lowest BCUT2D eigenvalue weighted by atomic mass is 10.2. The van der Waals surface area contributed by atoms with E-state index in [-0.39, 0.29) is 6.61 Å². The van der Waals surface area contributed by atoms with Crippen molar-refractivity contribution in [2.75, 3.05) is 12.4 Å². The van der Waals surface area contributed by atoms with Gasteiger partial charge in [0.15, 0.2) is 11.0 Å². The highest BCUT2D eigenvalue weighted by atomic mass is 79.9. The lowest BCUT2D eigenvalue weighted by molar-refractivity contribution is 0.126. The number of hydrogen-bond acceptors (Lipinski definition) is 5. The maximum absolute atomic E-state index is 10.2. The van der Waals surface area contributed by atoms with Crippen molar-refractivity contribution < 1.29 is 9.84 Å². The molecule has 136 valence electrons. The zero-order valence-electron chi connectivity index (χ0n) is 14.4. The smallest absolute Gasteiger partial charge is 0.191 e. The fraction of sp³-hybridized carbons (Fsp3) is 0.263. The quantitative estimate of drug-likeness (QED) is 0.537. The molecule has 1 aromatic heterocycles. The van der Waals surface area contributed by atoms with E-state index in [1.165, 1.54) is 11.8 Å². The van der Waals surface area contributed by atoms with E-state index in [9.17, 15) is 5.11 Å². The van der Waals surface area contributed by atoms with Crippen LogP contribution in [0.3, 0.4) is 0 Å². The van der Waals surface area contributed by atoms with Crippen LogP contribution in [0.4, 0.5) is 0 Å². The number of aliphatic hydroxyl groups excluding tert-OH is 1. The molecule has 1 N–H and O–H groups in total. The third kappa shape index (κ3) is 4.87. The average molecular weight is 434 g/mol. The fourth-order valence-corrected chi connectivity index (χ4v) is 3.60. The van der Waals surface area contributed by atoms with Crippen LogP contribution >= 0.6 is 27.7 Å². The molecule has 7 heteroatoms. The number of halogens is 1. The molecule has 5 nitrogen and oxygen atoms in total. The highest BCUT2D eigenvalue weighted by Crippen LogP contribution is 2.24. The summed E-state index contributed by atoms with van der Waals surface area (Å²) in [5.74, 6) is 2.07. The predicted octanol–water partition coefficient (Wildman–Crippen LogP) is 4.26. The second-order valence-electron chi connectivity index (χ2n) is 5.65. The van der Waals surface area contributed by atoms with Crippen LogP contribution in [0, 0.1) is 0 Å². The summed E-state index contributed by atoms with van der Waals surface area (Å²) in [4.78, 5) is 0.